The van der Waals surface area contributed by atoms with Crippen LogP contribution in [-0.2, 0) is 0 Å². The van der Waals surface area contributed by atoms with Gasteiger partial charge < -0.3 is 0 Å². The van der Waals surface area contributed by atoms with Gasteiger partial charge in [0.15, 0.2) is 0 Å². The molecule has 0 spiro atoms. The van der Waals surface area contributed by atoms with Gasteiger partial charge in [0.05, 0.1) is 9.52 Å². The second-order valence-electron chi connectivity index (χ2n) is 3.39. The Hall–Kier alpha value is -1.08. The maximum absolute atomic E-state index is 2.29. The van der Waals surface area contributed by atoms with Crippen molar-refractivity contribution >= 4 is 25.5 Å². The van der Waals surface area contributed by atoms with Gasteiger partial charge in [-0.1, -0.05) is 60.6 Å². The van der Waals surface area contributed by atoms with Gasteiger partial charge >= 0.3 is 0 Å². The zero-order chi connectivity index (χ0) is 9.10. The van der Waals surface area contributed by atoms with Crippen molar-refractivity contribution in [2.75, 3.05) is 0 Å². The molecule has 0 aliphatic heterocycles. The van der Waals surface area contributed by atoms with E-state index in [4.69, 9.17) is 0 Å². The van der Waals surface area contributed by atoms with Crippen LogP contribution in [0.3, 0.4) is 0 Å². The van der Waals surface area contributed by atoms with Gasteiger partial charge in [-0.3, -0.25) is 0 Å². The number of hydrogen-bond donors (Lipinski definition) is 0. The first-order valence-corrected chi connectivity index (χ1v) is 6.59. The summed E-state index contributed by atoms with van der Waals surface area (Å²) in [5, 5.41) is 4.47. The Kier molecular flexibility index (Phi) is 2.46. The molecule has 2 aromatic carbocycles. The van der Waals surface area contributed by atoms with Gasteiger partial charge in [-0.15, -0.1) is 0 Å². The van der Waals surface area contributed by atoms with Crippen molar-refractivity contribution in [2.45, 2.75) is 13.0 Å². The van der Waals surface area contributed by atoms with Crippen LogP contribution in [0.5, 0.6) is 0 Å². The van der Waals surface area contributed by atoms with Crippen LogP contribution in [0, 0.1) is 0 Å². The van der Waals surface area contributed by atoms with Crippen molar-refractivity contribution in [1.82, 2.24) is 0 Å². The van der Waals surface area contributed by atoms with E-state index in [2.05, 4.69) is 49.4 Å². The third-order valence-corrected chi connectivity index (χ3v) is 4.05. The molecule has 0 bridgehead atoms. The van der Waals surface area contributed by atoms with Crippen molar-refractivity contribution in [3.8, 4) is 0 Å². The Bertz CT molecular complexity index is 401. The Labute approximate surface area is 81.4 Å². The fourth-order valence-electron chi connectivity index (χ4n) is 1.78. The van der Waals surface area contributed by atoms with Crippen LogP contribution in [-0.4, -0.2) is 9.52 Å². The minimum absolute atomic E-state index is 0.0229. The lowest BCUT2D eigenvalue weighted by Gasteiger charge is -2.03. The van der Waals surface area contributed by atoms with Crippen molar-refractivity contribution < 1.29 is 0 Å². The highest BCUT2D eigenvalue weighted by atomic mass is 28.2. The Morgan fingerprint density at radius 3 is 2.62 bits per heavy atom. The summed E-state index contributed by atoms with van der Waals surface area (Å²) in [5.74, 6) is 0. The molecule has 2 rings (SSSR count). The van der Waals surface area contributed by atoms with Gasteiger partial charge in [0.25, 0.3) is 0 Å². The maximum atomic E-state index is 2.29. The summed E-state index contributed by atoms with van der Waals surface area (Å²) in [6.45, 7) is 2.29. The third kappa shape index (κ3) is 1.65. The van der Waals surface area contributed by atoms with Crippen LogP contribution in [0.4, 0.5) is 0 Å². The molecule has 0 atom stereocenters. The van der Waals surface area contributed by atoms with E-state index in [9.17, 15) is 0 Å². The van der Waals surface area contributed by atoms with Crippen LogP contribution in [0.2, 0.25) is 6.04 Å². The molecule has 0 heterocycles. The van der Waals surface area contributed by atoms with E-state index in [0.717, 1.165) is 0 Å². The predicted octanol–water partition coefficient (Wildman–Crippen LogP) is 2.07. The molecule has 1 heteroatoms. The normalized spacial score (nSPS) is 11.5. The third-order valence-electron chi connectivity index (χ3n) is 2.40. The largest absolute Gasteiger partial charge is 0.0680 e. The average Bonchev–Trinajstić information content (AvgIpc) is 2.19. The molecule has 13 heavy (non-hydrogen) atoms. The Morgan fingerprint density at radius 2 is 1.77 bits per heavy atom. The van der Waals surface area contributed by atoms with Crippen LogP contribution >= 0.6 is 0 Å². The van der Waals surface area contributed by atoms with E-state index in [0.29, 0.717) is 0 Å². The SMILES string of the molecule is CC[SiH2]c1cccc2ccccc12. The minimum Gasteiger partial charge on any atom is -0.0680 e. The van der Waals surface area contributed by atoms with Crippen molar-refractivity contribution in [1.29, 1.82) is 0 Å². The fraction of sp³-hybridized carbons (Fsp3) is 0.167. The van der Waals surface area contributed by atoms with Gasteiger partial charge in [-0.05, 0) is 10.8 Å². The number of hydrogen-bond acceptors (Lipinski definition) is 0. The highest BCUT2D eigenvalue weighted by Crippen LogP contribution is 2.10. The molecule has 0 aliphatic carbocycles. The molecule has 0 radical (unpaired) electrons. The molecule has 0 aliphatic rings. The summed E-state index contributed by atoms with van der Waals surface area (Å²) in [6, 6.07) is 16.7. The molecule has 0 amide bonds. The van der Waals surface area contributed by atoms with Gasteiger partial charge in [0.1, 0.15) is 0 Å². The average molecular weight is 186 g/mol. The van der Waals surface area contributed by atoms with E-state index in [1.807, 2.05) is 0 Å². The molecular formula is C12H14Si. The quantitative estimate of drug-likeness (QED) is 0.630. The number of rotatable bonds is 2. The zero-order valence-electron chi connectivity index (χ0n) is 7.96. The van der Waals surface area contributed by atoms with Crippen LogP contribution in [0.25, 0.3) is 10.8 Å². The van der Waals surface area contributed by atoms with E-state index < -0.39 is 0 Å². The van der Waals surface area contributed by atoms with E-state index in [1.54, 1.807) is 5.19 Å². The fourth-order valence-corrected chi connectivity index (χ4v) is 3.21. The topological polar surface area (TPSA) is 0 Å². The highest BCUT2D eigenvalue weighted by molar-refractivity contribution is 6.56. The summed E-state index contributed by atoms with van der Waals surface area (Å²) in [6.07, 6.45) is 0. The molecule has 0 unspecified atom stereocenters. The molecule has 0 aromatic heterocycles. The summed E-state index contributed by atoms with van der Waals surface area (Å²) in [5.41, 5.74) is 0. The molecule has 0 N–H and O–H groups in total. The summed E-state index contributed by atoms with van der Waals surface area (Å²) in [7, 11) is -0.0229. The first kappa shape index (κ1) is 8.51. The van der Waals surface area contributed by atoms with E-state index in [-0.39, 0.29) is 9.52 Å². The van der Waals surface area contributed by atoms with Crippen molar-refractivity contribution in [3.05, 3.63) is 42.5 Å². The zero-order valence-corrected chi connectivity index (χ0v) is 9.37. The van der Waals surface area contributed by atoms with Gasteiger partial charge in [-0.2, -0.15) is 0 Å². The summed E-state index contributed by atoms with van der Waals surface area (Å²) >= 11 is 0. The monoisotopic (exact) mass is 186 g/mol. The van der Waals surface area contributed by atoms with Crippen molar-refractivity contribution in [3.63, 3.8) is 0 Å². The second-order valence-corrected chi connectivity index (χ2v) is 5.65. The highest BCUT2D eigenvalue weighted by Gasteiger charge is 1.97. The first-order valence-electron chi connectivity index (χ1n) is 4.88. The predicted molar refractivity (Wildman–Crippen MR) is 62.6 cm³/mol. The molecule has 0 saturated heterocycles. The van der Waals surface area contributed by atoms with E-state index >= 15 is 0 Å². The number of benzene rings is 2. The van der Waals surface area contributed by atoms with E-state index in [1.165, 1.54) is 16.8 Å². The molecule has 0 fully saturated rings. The van der Waals surface area contributed by atoms with Gasteiger partial charge in [0, 0.05) is 0 Å². The van der Waals surface area contributed by atoms with Gasteiger partial charge in [0.2, 0.25) is 0 Å². The smallest absolute Gasteiger partial charge is 0.0553 e. The van der Waals surface area contributed by atoms with Gasteiger partial charge in [-0.25, -0.2) is 0 Å². The molecule has 0 saturated carbocycles. The Balaban J connectivity index is 2.61. The van der Waals surface area contributed by atoms with Crippen LogP contribution in [0.15, 0.2) is 42.5 Å². The molecular weight excluding hydrogens is 172 g/mol. The van der Waals surface area contributed by atoms with Crippen LogP contribution < -0.4 is 5.19 Å². The lowest BCUT2D eigenvalue weighted by atomic mass is 10.1. The molecule has 0 nitrogen and oxygen atoms in total. The minimum atomic E-state index is -0.0229. The summed E-state index contributed by atoms with van der Waals surface area (Å²) < 4.78 is 0. The Morgan fingerprint density at radius 1 is 1.00 bits per heavy atom. The lowest BCUT2D eigenvalue weighted by Crippen LogP contribution is -2.13. The van der Waals surface area contributed by atoms with Crippen LogP contribution in [0.1, 0.15) is 6.92 Å². The maximum Gasteiger partial charge on any atom is 0.0553 e. The summed E-state index contributed by atoms with van der Waals surface area (Å²) in [4.78, 5) is 0. The number of fused-ring (bicyclic) bond motifs is 1. The molecule has 2 aromatic rings. The molecule has 66 valence electrons. The first-order chi connectivity index (χ1) is 6.42. The standard InChI is InChI=1S/C12H14Si/c1-2-13-12-9-5-7-10-6-3-4-8-11(10)12/h3-9H,2,13H2,1H3. The second kappa shape index (κ2) is 3.75. The van der Waals surface area contributed by atoms with Crippen molar-refractivity contribution in [2.24, 2.45) is 0 Å². The lowest BCUT2D eigenvalue weighted by molar-refractivity contribution is 1.46.